The molecule has 1 saturated heterocycles. The fourth-order valence-electron chi connectivity index (χ4n) is 4.28. The van der Waals surface area contributed by atoms with Gasteiger partial charge in [0, 0.05) is 18.7 Å². The Morgan fingerprint density at radius 1 is 1.08 bits per heavy atom. The number of aryl methyl sites for hydroxylation is 1. The summed E-state index contributed by atoms with van der Waals surface area (Å²) < 4.78 is 13.5. The van der Waals surface area contributed by atoms with Crippen LogP contribution in [-0.4, -0.2) is 66.3 Å². The molecule has 4 aromatic rings. The van der Waals surface area contributed by atoms with E-state index in [1.165, 1.54) is 6.92 Å². The van der Waals surface area contributed by atoms with Crippen molar-refractivity contribution in [2.45, 2.75) is 52.7 Å². The van der Waals surface area contributed by atoms with Crippen molar-refractivity contribution in [3.8, 4) is 11.7 Å². The highest BCUT2D eigenvalue weighted by atomic mass is 16.6. The first kappa shape index (κ1) is 26.1. The maximum atomic E-state index is 12.5. The Morgan fingerprint density at radius 2 is 1.90 bits per heavy atom. The summed E-state index contributed by atoms with van der Waals surface area (Å²) in [5, 5.41) is 11.4. The molecule has 1 aliphatic heterocycles. The van der Waals surface area contributed by atoms with Gasteiger partial charge in [-0.15, -0.1) is 5.10 Å². The highest BCUT2D eigenvalue weighted by Crippen LogP contribution is 2.27. The summed E-state index contributed by atoms with van der Waals surface area (Å²) in [5.74, 6) is 1.27. The summed E-state index contributed by atoms with van der Waals surface area (Å²) >= 11 is 0. The first-order valence-corrected chi connectivity index (χ1v) is 12.8. The molecule has 1 N–H and O–H groups in total. The number of rotatable bonds is 6. The lowest BCUT2D eigenvalue weighted by atomic mass is 10.2. The fraction of sp³-hybridized carbons (Fsp3) is 0.357. The SMILES string of the molecule is CC(=O)c1ccc(-n2cnc3cc(Nc4ccc(C)nn4)ccc32)nc1O[C@H]1CCN(C(=O)OC(C)(C)C)C1. The van der Waals surface area contributed by atoms with Gasteiger partial charge in [0.05, 0.1) is 28.8 Å². The molecule has 39 heavy (non-hydrogen) atoms. The fourth-order valence-corrected chi connectivity index (χ4v) is 4.28. The number of anilines is 2. The molecule has 0 bridgehead atoms. The van der Waals surface area contributed by atoms with Gasteiger partial charge >= 0.3 is 6.09 Å². The molecule has 4 heterocycles. The topological polar surface area (TPSA) is 124 Å². The number of aromatic nitrogens is 5. The average Bonchev–Trinajstić information content (AvgIpc) is 3.51. The highest BCUT2D eigenvalue weighted by molar-refractivity contribution is 5.96. The van der Waals surface area contributed by atoms with Crippen molar-refractivity contribution in [1.82, 2.24) is 29.6 Å². The summed E-state index contributed by atoms with van der Waals surface area (Å²) in [6.45, 7) is 9.72. The number of ether oxygens (including phenoxy) is 2. The van der Waals surface area contributed by atoms with Crippen LogP contribution >= 0.6 is 0 Å². The number of imidazole rings is 1. The number of hydrogen-bond donors (Lipinski definition) is 1. The third kappa shape index (κ3) is 5.97. The first-order chi connectivity index (χ1) is 18.6. The maximum absolute atomic E-state index is 12.5. The van der Waals surface area contributed by atoms with Crippen LogP contribution in [0.3, 0.4) is 0 Å². The minimum atomic E-state index is -0.577. The Hall–Kier alpha value is -4.54. The van der Waals surface area contributed by atoms with Gasteiger partial charge in [0.2, 0.25) is 5.88 Å². The van der Waals surface area contributed by atoms with E-state index in [2.05, 4.69) is 25.5 Å². The Bertz CT molecular complexity index is 1530. The van der Waals surface area contributed by atoms with E-state index >= 15 is 0 Å². The summed E-state index contributed by atoms with van der Waals surface area (Å²) in [6, 6.07) is 13.0. The molecule has 1 fully saturated rings. The van der Waals surface area contributed by atoms with Gasteiger partial charge < -0.3 is 19.7 Å². The lowest BCUT2D eigenvalue weighted by Gasteiger charge is -2.24. The third-order valence-corrected chi connectivity index (χ3v) is 6.16. The van der Waals surface area contributed by atoms with Crippen molar-refractivity contribution in [2.75, 3.05) is 18.4 Å². The molecule has 0 aliphatic carbocycles. The lowest BCUT2D eigenvalue weighted by Crippen LogP contribution is -2.36. The lowest BCUT2D eigenvalue weighted by molar-refractivity contribution is 0.0274. The zero-order valence-electron chi connectivity index (χ0n) is 22.6. The van der Waals surface area contributed by atoms with Gasteiger partial charge in [-0.3, -0.25) is 9.36 Å². The van der Waals surface area contributed by atoms with E-state index in [-0.39, 0.29) is 23.9 Å². The van der Waals surface area contributed by atoms with Crippen molar-refractivity contribution < 1.29 is 19.1 Å². The number of carbonyl (C=O) groups excluding carboxylic acids is 2. The molecule has 1 amide bonds. The summed E-state index contributed by atoms with van der Waals surface area (Å²) in [7, 11) is 0. The van der Waals surface area contributed by atoms with Gasteiger partial charge in [-0.05, 0) is 77.1 Å². The van der Waals surface area contributed by atoms with Crippen LogP contribution in [0, 0.1) is 6.92 Å². The van der Waals surface area contributed by atoms with Crippen molar-refractivity contribution in [1.29, 1.82) is 0 Å². The molecule has 3 aromatic heterocycles. The van der Waals surface area contributed by atoms with Crippen LogP contribution in [0.4, 0.5) is 16.3 Å². The maximum Gasteiger partial charge on any atom is 0.410 e. The minimum Gasteiger partial charge on any atom is -0.472 e. The first-order valence-electron chi connectivity index (χ1n) is 12.8. The minimum absolute atomic E-state index is 0.156. The second-order valence-corrected chi connectivity index (χ2v) is 10.5. The molecule has 0 spiro atoms. The molecule has 11 nitrogen and oxygen atoms in total. The van der Waals surface area contributed by atoms with Gasteiger partial charge in [-0.25, -0.2) is 9.78 Å². The number of nitrogens with zero attached hydrogens (tertiary/aromatic N) is 6. The highest BCUT2D eigenvalue weighted by Gasteiger charge is 2.32. The number of nitrogens with one attached hydrogen (secondary N) is 1. The van der Waals surface area contributed by atoms with E-state index in [1.54, 1.807) is 23.4 Å². The largest absolute Gasteiger partial charge is 0.472 e. The van der Waals surface area contributed by atoms with Crippen molar-refractivity contribution >= 4 is 34.4 Å². The molecule has 1 atom stereocenters. The number of likely N-dealkylation sites (tertiary alicyclic amines) is 1. The molecule has 0 radical (unpaired) electrons. The van der Waals surface area contributed by atoms with E-state index in [9.17, 15) is 9.59 Å². The zero-order valence-corrected chi connectivity index (χ0v) is 22.6. The van der Waals surface area contributed by atoms with Gasteiger partial charge in [-0.2, -0.15) is 10.1 Å². The molecular weight excluding hydrogens is 498 g/mol. The molecular formula is C28H31N7O4. The van der Waals surface area contributed by atoms with Gasteiger partial charge in [0.15, 0.2) is 11.6 Å². The molecule has 202 valence electrons. The van der Waals surface area contributed by atoms with Gasteiger partial charge in [0.1, 0.15) is 23.9 Å². The summed E-state index contributed by atoms with van der Waals surface area (Å²) in [6.07, 6.45) is 1.60. The Balaban J connectivity index is 1.36. The Labute approximate surface area is 226 Å². The van der Waals surface area contributed by atoms with Gasteiger partial charge in [0.25, 0.3) is 0 Å². The molecule has 0 saturated carbocycles. The monoisotopic (exact) mass is 529 g/mol. The van der Waals surface area contributed by atoms with E-state index in [0.717, 1.165) is 22.4 Å². The van der Waals surface area contributed by atoms with Crippen molar-refractivity contribution in [3.63, 3.8) is 0 Å². The number of carbonyl (C=O) groups is 2. The Kier molecular flexibility index (Phi) is 6.90. The van der Waals surface area contributed by atoms with Crippen molar-refractivity contribution in [2.24, 2.45) is 0 Å². The quantitative estimate of drug-likeness (QED) is 0.349. The number of amides is 1. The molecule has 1 aliphatic rings. The average molecular weight is 530 g/mol. The molecule has 0 unspecified atom stereocenters. The number of benzene rings is 1. The van der Waals surface area contributed by atoms with Crippen LogP contribution in [0.2, 0.25) is 0 Å². The third-order valence-electron chi connectivity index (χ3n) is 6.16. The summed E-state index contributed by atoms with van der Waals surface area (Å²) in [5.41, 5.74) is 3.06. The van der Waals surface area contributed by atoms with Crippen LogP contribution in [0.15, 0.2) is 48.8 Å². The van der Waals surface area contributed by atoms with Crippen LogP contribution < -0.4 is 10.1 Å². The van der Waals surface area contributed by atoms with E-state index < -0.39 is 5.60 Å². The van der Waals surface area contributed by atoms with E-state index in [4.69, 9.17) is 9.47 Å². The predicted molar refractivity (Wildman–Crippen MR) is 146 cm³/mol. The van der Waals surface area contributed by atoms with E-state index in [0.29, 0.717) is 36.7 Å². The molecule has 5 rings (SSSR count). The summed E-state index contributed by atoms with van der Waals surface area (Å²) in [4.78, 5) is 35.7. The van der Waals surface area contributed by atoms with Crippen molar-refractivity contribution in [3.05, 3.63) is 60.0 Å². The van der Waals surface area contributed by atoms with Gasteiger partial charge in [-0.1, -0.05) is 0 Å². The number of ketones is 1. The number of fused-ring (bicyclic) bond motifs is 1. The van der Waals surface area contributed by atoms with Crippen LogP contribution in [0.25, 0.3) is 16.9 Å². The standard InChI is InChI=1S/C28H31N7O4/c1-17-6-10-24(33-32-17)30-19-7-9-23-22(14-19)29-16-35(23)25-11-8-21(18(2)36)26(31-25)38-20-12-13-34(15-20)27(37)39-28(3,4)5/h6-11,14,16,20H,12-13,15H2,1-5H3,(H,30,33)/t20-/m0/s1. The van der Waals surface area contributed by atoms with Crippen LogP contribution in [0.1, 0.15) is 50.2 Å². The predicted octanol–water partition coefficient (Wildman–Crippen LogP) is 4.85. The number of pyridine rings is 1. The van der Waals surface area contributed by atoms with E-state index in [1.807, 2.05) is 62.6 Å². The smallest absolute Gasteiger partial charge is 0.410 e. The number of hydrogen-bond acceptors (Lipinski definition) is 9. The normalized spacial score (nSPS) is 15.4. The van der Waals surface area contributed by atoms with Crippen LogP contribution in [0.5, 0.6) is 5.88 Å². The second kappa shape index (κ2) is 10.3. The molecule has 1 aromatic carbocycles. The number of Topliss-reactive ketones (excluding diaryl/α,β-unsaturated/α-hetero) is 1. The second-order valence-electron chi connectivity index (χ2n) is 10.5. The molecule has 11 heteroatoms. The zero-order chi connectivity index (χ0) is 27.7. The van der Waals surface area contributed by atoms with Crippen LogP contribution in [-0.2, 0) is 4.74 Å². The Morgan fingerprint density at radius 3 is 2.62 bits per heavy atom.